The van der Waals surface area contributed by atoms with Crippen LogP contribution < -0.4 is 5.73 Å². The first-order chi connectivity index (χ1) is 8.83. The molecule has 4 heteroatoms. The van der Waals surface area contributed by atoms with Gasteiger partial charge in [-0.05, 0) is 45.3 Å². The average Bonchev–Trinajstić information content (AvgIpc) is 2.65. The second kappa shape index (κ2) is 7.43. The lowest BCUT2D eigenvalue weighted by Crippen LogP contribution is -2.50. The van der Waals surface area contributed by atoms with Crippen molar-refractivity contribution in [2.24, 2.45) is 5.73 Å². The van der Waals surface area contributed by atoms with Crippen LogP contribution in [0.5, 0.6) is 0 Å². The minimum atomic E-state index is 0.258. The lowest BCUT2D eigenvalue weighted by molar-refractivity contribution is -0.0403. The Morgan fingerprint density at radius 2 is 2.11 bits per heavy atom. The van der Waals surface area contributed by atoms with Crippen LogP contribution in [0, 0.1) is 0 Å². The van der Waals surface area contributed by atoms with E-state index < -0.39 is 0 Å². The molecule has 0 aromatic heterocycles. The molecule has 4 nitrogen and oxygen atoms in total. The minimum Gasteiger partial charge on any atom is -0.374 e. The van der Waals surface area contributed by atoms with Crippen molar-refractivity contribution in [3.8, 4) is 0 Å². The molecule has 2 aliphatic rings. The first-order valence-electron chi connectivity index (χ1n) is 7.61. The molecular formula is C14H29N3O. The summed E-state index contributed by atoms with van der Waals surface area (Å²) >= 11 is 0. The standard InChI is InChI=1S/C14H29N3O/c1-2-6-16-7-3-4-13(5-8-16)17-9-10-18-14(11-15)12-17/h13-14H,2-12,15H2,1H3. The maximum Gasteiger partial charge on any atom is 0.0824 e. The summed E-state index contributed by atoms with van der Waals surface area (Å²) in [6.45, 7) is 9.74. The maximum absolute atomic E-state index is 5.73. The maximum atomic E-state index is 5.73. The van der Waals surface area contributed by atoms with Gasteiger partial charge in [0.25, 0.3) is 0 Å². The highest BCUT2D eigenvalue weighted by atomic mass is 16.5. The molecular weight excluding hydrogens is 226 g/mol. The highest BCUT2D eigenvalue weighted by Crippen LogP contribution is 2.19. The lowest BCUT2D eigenvalue weighted by atomic mass is 10.1. The Kier molecular flexibility index (Phi) is 5.89. The van der Waals surface area contributed by atoms with E-state index in [1.807, 2.05) is 0 Å². The topological polar surface area (TPSA) is 41.7 Å². The Balaban J connectivity index is 1.81. The van der Waals surface area contributed by atoms with Crippen molar-refractivity contribution in [3.05, 3.63) is 0 Å². The number of likely N-dealkylation sites (tertiary alicyclic amines) is 1. The summed E-state index contributed by atoms with van der Waals surface area (Å²) in [6, 6.07) is 0.754. The molecule has 2 saturated heterocycles. The van der Waals surface area contributed by atoms with Gasteiger partial charge in [0.1, 0.15) is 0 Å². The van der Waals surface area contributed by atoms with Gasteiger partial charge in [-0.25, -0.2) is 0 Å². The number of rotatable bonds is 4. The largest absolute Gasteiger partial charge is 0.374 e. The van der Waals surface area contributed by atoms with Crippen molar-refractivity contribution in [2.45, 2.75) is 44.8 Å². The smallest absolute Gasteiger partial charge is 0.0824 e. The summed E-state index contributed by atoms with van der Waals surface area (Å²) in [5, 5.41) is 0. The Bertz CT molecular complexity index is 237. The van der Waals surface area contributed by atoms with Gasteiger partial charge >= 0.3 is 0 Å². The summed E-state index contributed by atoms with van der Waals surface area (Å²) in [5.41, 5.74) is 5.73. The molecule has 2 fully saturated rings. The fourth-order valence-electron chi connectivity index (χ4n) is 3.26. The molecule has 0 bridgehead atoms. The Labute approximate surface area is 111 Å². The number of ether oxygens (including phenoxy) is 1. The summed E-state index contributed by atoms with van der Waals surface area (Å²) in [5.74, 6) is 0. The Morgan fingerprint density at radius 1 is 1.22 bits per heavy atom. The molecule has 0 amide bonds. The van der Waals surface area contributed by atoms with Gasteiger partial charge in [0.2, 0.25) is 0 Å². The monoisotopic (exact) mass is 255 g/mol. The first-order valence-corrected chi connectivity index (χ1v) is 7.61. The van der Waals surface area contributed by atoms with E-state index in [1.54, 1.807) is 0 Å². The number of nitrogens with two attached hydrogens (primary N) is 1. The van der Waals surface area contributed by atoms with Crippen molar-refractivity contribution in [2.75, 3.05) is 45.9 Å². The van der Waals surface area contributed by atoms with E-state index in [4.69, 9.17) is 10.5 Å². The van der Waals surface area contributed by atoms with Crippen LogP contribution in [0.15, 0.2) is 0 Å². The SMILES string of the molecule is CCCN1CCCC(N2CCOC(CN)C2)CC1. The van der Waals surface area contributed by atoms with Crippen LogP contribution in [0.4, 0.5) is 0 Å². The van der Waals surface area contributed by atoms with Crippen LogP contribution in [0.2, 0.25) is 0 Å². The molecule has 2 unspecified atom stereocenters. The zero-order valence-electron chi connectivity index (χ0n) is 11.8. The lowest BCUT2D eigenvalue weighted by Gasteiger charge is -2.37. The summed E-state index contributed by atoms with van der Waals surface area (Å²) < 4.78 is 5.66. The third-order valence-corrected chi connectivity index (χ3v) is 4.28. The predicted molar refractivity (Wildman–Crippen MR) is 74.7 cm³/mol. The highest BCUT2D eigenvalue weighted by Gasteiger charge is 2.27. The van der Waals surface area contributed by atoms with Gasteiger partial charge in [0.15, 0.2) is 0 Å². The van der Waals surface area contributed by atoms with Gasteiger partial charge in [0.05, 0.1) is 12.7 Å². The molecule has 0 aliphatic carbocycles. The molecule has 18 heavy (non-hydrogen) atoms. The van der Waals surface area contributed by atoms with E-state index >= 15 is 0 Å². The normalized spacial score (nSPS) is 32.3. The number of hydrogen-bond donors (Lipinski definition) is 1. The van der Waals surface area contributed by atoms with Crippen LogP contribution in [-0.2, 0) is 4.74 Å². The quantitative estimate of drug-likeness (QED) is 0.811. The fraction of sp³-hybridized carbons (Fsp3) is 1.00. The van der Waals surface area contributed by atoms with Gasteiger partial charge in [-0.15, -0.1) is 0 Å². The van der Waals surface area contributed by atoms with E-state index in [0.717, 1.165) is 25.7 Å². The van der Waals surface area contributed by atoms with Crippen molar-refractivity contribution in [1.29, 1.82) is 0 Å². The molecule has 0 aromatic carbocycles. The van der Waals surface area contributed by atoms with E-state index in [0.29, 0.717) is 6.54 Å². The molecule has 0 spiro atoms. The summed E-state index contributed by atoms with van der Waals surface area (Å²) in [4.78, 5) is 5.25. The zero-order chi connectivity index (χ0) is 12.8. The third kappa shape index (κ3) is 3.92. The van der Waals surface area contributed by atoms with Gasteiger partial charge < -0.3 is 15.4 Å². The third-order valence-electron chi connectivity index (χ3n) is 4.28. The Morgan fingerprint density at radius 3 is 2.89 bits per heavy atom. The number of nitrogens with zero attached hydrogens (tertiary/aromatic N) is 2. The fourth-order valence-corrected chi connectivity index (χ4v) is 3.26. The van der Waals surface area contributed by atoms with Crippen LogP contribution in [0.3, 0.4) is 0 Å². The Hall–Kier alpha value is -0.160. The second-order valence-corrected chi connectivity index (χ2v) is 5.65. The summed E-state index contributed by atoms with van der Waals surface area (Å²) in [6.07, 6.45) is 5.54. The predicted octanol–water partition coefficient (Wildman–Crippen LogP) is 0.910. The number of morpholine rings is 1. The number of hydrogen-bond acceptors (Lipinski definition) is 4. The molecule has 106 valence electrons. The van der Waals surface area contributed by atoms with Crippen LogP contribution in [0.25, 0.3) is 0 Å². The average molecular weight is 255 g/mol. The molecule has 0 saturated carbocycles. The van der Waals surface area contributed by atoms with E-state index in [-0.39, 0.29) is 6.10 Å². The molecule has 2 rings (SSSR count). The van der Waals surface area contributed by atoms with Gasteiger partial charge in [-0.2, -0.15) is 0 Å². The molecule has 0 radical (unpaired) electrons. The van der Waals surface area contributed by atoms with E-state index in [1.165, 1.54) is 45.3 Å². The van der Waals surface area contributed by atoms with Crippen molar-refractivity contribution < 1.29 is 4.74 Å². The molecule has 2 N–H and O–H groups in total. The molecule has 0 aromatic rings. The minimum absolute atomic E-state index is 0.258. The van der Waals surface area contributed by atoms with Crippen LogP contribution >= 0.6 is 0 Å². The van der Waals surface area contributed by atoms with Crippen molar-refractivity contribution in [3.63, 3.8) is 0 Å². The second-order valence-electron chi connectivity index (χ2n) is 5.65. The van der Waals surface area contributed by atoms with E-state index in [9.17, 15) is 0 Å². The van der Waals surface area contributed by atoms with Crippen LogP contribution in [0.1, 0.15) is 32.6 Å². The van der Waals surface area contributed by atoms with Gasteiger partial charge in [0, 0.05) is 25.7 Å². The van der Waals surface area contributed by atoms with Crippen molar-refractivity contribution >= 4 is 0 Å². The highest BCUT2D eigenvalue weighted by molar-refractivity contribution is 4.82. The van der Waals surface area contributed by atoms with E-state index in [2.05, 4.69) is 16.7 Å². The van der Waals surface area contributed by atoms with Gasteiger partial charge in [-0.1, -0.05) is 6.92 Å². The molecule has 2 aliphatic heterocycles. The van der Waals surface area contributed by atoms with Crippen LogP contribution in [-0.4, -0.2) is 67.8 Å². The summed E-state index contributed by atoms with van der Waals surface area (Å²) in [7, 11) is 0. The zero-order valence-corrected chi connectivity index (χ0v) is 11.8. The van der Waals surface area contributed by atoms with Gasteiger partial charge in [-0.3, -0.25) is 4.90 Å². The molecule has 2 heterocycles. The molecule has 2 atom stereocenters. The van der Waals surface area contributed by atoms with Crippen molar-refractivity contribution in [1.82, 2.24) is 9.80 Å². The first kappa shape index (κ1) is 14.3.